The molecule has 1 nitrogen and oxygen atoms in total. The van der Waals surface area contributed by atoms with Crippen LogP contribution in [-0.4, -0.2) is 6.29 Å². The van der Waals surface area contributed by atoms with Gasteiger partial charge in [0.1, 0.15) is 6.29 Å². The second-order valence-corrected chi connectivity index (χ2v) is 4.50. The summed E-state index contributed by atoms with van der Waals surface area (Å²) < 4.78 is 77.0. The van der Waals surface area contributed by atoms with Gasteiger partial charge in [-0.15, -0.1) is 0 Å². The van der Waals surface area contributed by atoms with Crippen LogP contribution in [0.3, 0.4) is 0 Å². The zero-order chi connectivity index (χ0) is 16.5. The first-order chi connectivity index (χ1) is 10.1. The van der Waals surface area contributed by atoms with Crippen molar-refractivity contribution < 1.29 is 31.1 Å². The maximum absolute atomic E-state index is 13.0. The average molecular weight is 318 g/mol. The quantitative estimate of drug-likeness (QED) is 0.549. The third kappa shape index (κ3) is 3.29. The normalized spacial score (nSPS) is 12.3. The minimum atomic E-state index is -4.75. The molecular formula is C15H8F6O. The predicted octanol–water partition coefficient (Wildman–Crippen LogP) is 5.20. The van der Waals surface area contributed by atoms with Gasteiger partial charge >= 0.3 is 12.4 Å². The summed E-state index contributed by atoms with van der Waals surface area (Å²) in [5, 5.41) is 0. The standard InChI is InChI=1S/C15H8F6O/c16-14(17,18)11-3-1-2-10(7-11)12-6-9(8-22)4-5-13(12)15(19,20)21/h1-8H. The van der Waals surface area contributed by atoms with Gasteiger partial charge in [0, 0.05) is 5.56 Å². The second-order valence-electron chi connectivity index (χ2n) is 4.50. The van der Waals surface area contributed by atoms with Gasteiger partial charge < -0.3 is 0 Å². The average Bonchev–Trinajstić information content (AvgIpc) is 2.45. The van der Waals surface area contributed by atoms with E-state index in [-0.39, 0.29) is 11.1 Å². The van der Waals surface area contributed by atoms with Crippen molar-refractivity contribution in [3.63, 3.8) is 0 Å². The van der Waals surface area contributed by atoms with E-state index in [1.54, 1.807) is 0 Å². The van der Waals surface area contributed by atoms with Crippen LogP contribution in [0.1, 0.15) is 21.5 Å². The van der Waals surface area contributed by atoms with Crippen LogP contribution in [-0.2, 0) is 12.4 Å². The molecule has 0 aromatic heterocycles. The van der Waals surface area contributed by atoms with Gasteiger partial charge in [0.25, 0.3) is 0 Å². The van der Waals surface area contributed by atoms with E-state index < -0.39 is 29.0 Å². The number of aldehydes is 1. The summed E-state index contributed by atoms with van der Waals surface area (Å²) in [4.78, 5) is 10.7. The monoisotopic (exact) mass is 318 g/mol. The van der Waals surface area contributed by atoms with Gasteiger partial charge in [-0.1, -0.05) is 18.2 Å². The van der Waals surface area contributed by atoms with Crippen molar-refractivity contribution in [1.29, 1.82) is 0 Å². The molecule has 2 rings (SSSR count). The molecule has 116 valence electrons. The Balaban J connectivity index is 2.68. The SMILES string of the molecule is O=Cc1ccc(C(F)(F)F)c(-c2cccc(C(F)(F)F)c2)c1. The molecule has 0 aliphatic carbocycles. The molecule has 0 aliphatic heterocycles. The third-order valence-electron chi connectivity index (χ3n) is 2.99. The molecule has 22 heavy (non-hydrogen) atoms. The molecule has 0 N–H and O–H groups in total. The number of rotatable bonds is 2. The Morgan fingerprint density at radius 3 is 2.05 bits per heavy atom. The van der Waals surface area contributed by atoms with E-state index in [0.29, 0.717) is 18.4 Å². The van der Waals surface area contributed by atoms with Crippen LogP contribution in [0.5, 0.6) is 0 Å². The molecule has 0 saturated heterocycles. The van der Waals surface area contributed by atoms with E-state index in [1.165, 1.54) is 0 Å². The zero-order valence-corrected chi connectivity index (χ0v) is 10.8. The van der Waals surface area contributed by atoms with Gasteiger partial charge in [0.05, 0.1) is 11.1 Å². The molecule has 0 aliphatic rings. The summed E-state index contributed by atoms with van der Waals surface area (Å²) in [5.41, 5.74) is -2.94. The van der Waals surface area contributed by atoms with Crippen LogP contribution in [0.15, 0.2) is 42.5 Å². The molecule has 0 fully saturated rings. The minimum Gasteiger partial charge on any atom is -0.298 e. The van der Waals surface area contributed by atoms with E-state index in [4.69, 9.17) is 0 Å². The molecule has 0 atom stereocenters. The first kappa shape index (κ1) is 16.1. The topological polar surface area (TPSA) is 17.1 Å². The van der Waals surface area contributed by atoms with Crippen molar-refractivity contribution in [2.45, 2.75) is 12.4 Å². The summed E-state index contributed by atoms with van der Waals surface area (Å²) in [7, 11) is 0. The Bertz CT molecular complexity index is 700. The summed E-state index contributed by atoms with van der Waals surface area (Å²) >= 11 is 0. The predicted molar refractivity (Wildman–Crippen MR) is 67.3 cm³/mol. The van der Waals surface area contributed by atoms with Gasteiger partial charge in [-0.05, 0) is 35.4 Å². The Morgan fingerprint density at radius 1 is 0.818 bits per heavy atom. The molecule has 2 aromatic carbocycles. The second kappa shape index (κ2) is 5.47. The molecule has 0 radical (unpaired) electrons. The highest BCUT2D eigenvalue weighted by molar-refractivity contribution is 5.80. The molecule has 0 spiro atoms. The van der Waals surface area contributed by atoms with Gasteiger partial charge in [0.2, 0.25) is 0 Å². The lowest BCUT2D eigenvalue weighted by atomic mass is 9.96. The fourth-order valence-corrected chi connectivity index (χ4v) is 1.98. The Labute approximate surface area is 121 Å². The van der Waals surface area contributed by atoms with Crippen molar-refractivity contribution in [3.05, 3.63) is 59.2 Å². The molecule has 0 saturated carbocycles. The Kier molecular flexibility index (Phi) is 4.00. The molecule has 0 bridgehead atoms. The molecule has 0 heterocycles. The van der Waals surface area contributed by atoms with Crippen molar-refractivity contribution in [2.24, 2.45) is 0 Å². The number of halogens is 6. The van der Waals surface area contributed by atoms with E-state index in [2.05, 4.69) is 0 Å². The highest BCUT2D eigenvalue weighted by Crippen LogP contribution is 2.39. The summed E-state index contributed by atoms with van der Waals surface area (Å²) in [6.45, 7) is 0. The van der Waals surface area contributed by atoms with Crippen LogP contribution < -0.4 is 0 Å². The smallest absolute Gasteiger partial charge is 0.298 e. The fourth-order valence-electron chi connectivity index (χ4n) is 1.98. The molecule has 0 amide bonds. The van der Waals surface area contributed by atoms with Crippen LogP contribution in [0.2, 0.25) is 0 Å². The number of carbonyl (C=O) groups excluding carboxylic acids is 1. The summed E-state index contributed by atoms with van der Waals surface area (Å²) in [6.07, 6.45) is -9.08. The van der Waals surface area contributed by atoms with Crippen molar-refractivity contribution in [3.8, 4) is 11.1 Å². The van der Waals surface area contributed by atoms with Crippen molar-refractivity contribution in [1.82, 2.24) is 0 Å². The summed E-state index contributed by atoms with van der Waals surface area (Å²) in [6, 6.07) is 6.11. The number of alkyl halides is 6. The number of benzene rings is 2. The van der Waals surface area contributed by atoms with Gasteiger partial charge in [-0.25, -0.2) is 0 Å². The fraction of sp³-hybridized carbons (Fsp3) is 0.133. The number of hydrogen-bond donors (Lipinski definition) is 0. The van der Waals surface area contributed by atoms with E-state index in [9.17, 15) is 31.1 Å². The van der Waals surface area contributed by atoms with Crippen LogP contribution in [0.25, 0.3) is 11.1 Å². The highest BCUT2D eigenvalue weighted by Gasteiger charge is 2.35. The Hall–Kier alpha value is -2.31. The van der Waals surface area contributed by atoms with Crippen LogP contribution in [0, 0.1) is 0 Å². The molecule has 2 aromatic rings. The number of hydrogen-bond acceptors (Lipinski definition) is 1. The van der Waals surface area contributed by atoms with Crippen molar-refractivity contribution >= 4 is 6.29 Å². The minimum absolute atomic E-state index is 0.0552. The Morgan fingerprint density at radius 2 is 1.50 bits per heavy atom. The van der Waals surface area contributed by atoms with Crippen LogP contribution >= 0.6 is 0 Å². The largest absolute Gasteiger partial charge is 0.417 e. The van der Waals surface area contributed by atoms with Gasteiger partial charge in [0.15, 0.2) is 0 Å². The first-order valence-electron chi connectivity index (χ1n) is 5.97. The van der Waals surface area contributed by atoms with E-state index in [0.717, 1.165) is 30.3 Å². The lowest BCUT2D eigenvalue weighted by Gasteiger charge is -2.15. The van der Waals surface area contributed by atoms with E-state index >= 15 is 0 Å². The maximum atomic E-state index is 13.0. The number of carbonyl (C=O) groups is 1. The third-order valence-corrected chi connectivity index (χ3v) is 2.99. The van der Waals surface area contributed by atoms with Crippen molar-refractivity contribution in [2.75, 3.05) is 0 Å². The lowest BCUT2D eigenvalue weighted by molar-refractivity contribution is -0.137. The van der Waals surface area contributed by atoms with Crippen LogP contribution in [0.4, 0.5) is 26.3 Å². The van der Waals surface area contributed by atoms with E-state index in [1.807, 2.05) is 0 Å². The molecular weight excluding hydrogens is 310 g/mol. The summed E-state index contributed by atoms with van der Waals surface area (Å²) in [5.74, 6) is 0. The first-order valence-corrected chi connectivity index (χ1v) is 5.97. The maximum Gasteiger partial charge on any atom is 0.417 e. The zero-order valence-electron chi connectivity index (χ0n) is 10.8. The highest BCUT2D eigenvalue weighted by atomic mass is 19.4. The van der Waals surface area contributed by atoms with Gasteiger partial charge in [-0.3, -0.25) is 4.79 Å². The van der Waals surface area contributed by atoms with Gasteiger partial charge in [-0.2, -0.15) is 26.3 Å². The molecule has 0 unspecified atom stereocenters. The molecule has 7 heteroatoms. The lowest BCUT2D eigenvalue weighted by Crippen LogP contribution is -2.09.